The molecule has 1 heterocycles. The first kappa shape index (κ1) is 11.3. The Kier molecular flexibility index (Phi) is 3.34. The zero-order valence-electron chi connectivity index (χ0n) is 10.2. The number of ether oxygens (including phenoxy) is 2. The van der Waals surface area contributed by atoms with Crippen molar-refractivity contribution in [3.63, 3.8) is 0 Å². The van der Waals surface area contributed by atoms with Crippen LogP contribution < -0.4 is 14.8 Å². The second kappa shape index (κ2) is 4.74. The van der Waals surface area contributed by atoms with Crippen molar-refractivity contribution in [3.8, 4) is 11.5 Å². The van der Waals surface area contributed by atoms with Gasteiger partial charge in [-0.3, -0.25) is 0 Å². The van der Waals surface area contributed by atoms with Crippen molar-refractivity contribution in [3.05, 3.63) is 23.3 Å². The van der Waals surface area contributed by atoms with Crippen molar-refractivity contribution in [1.29, 1.82) is 0 Å². The van der Waals surface area contributed by atoms with E-state index >= 15 is 0 Å². The van der Waals surface area contributed by atoms with E-state index < -0.39 is 0 Å². The molecule has 3 nitrogen and oxygen atoms in total. The van der Waals surface area contributed by atoms with E-state index in [1.54, 1.807) is 14.2 Å². The van der Waals surface area contributed by atoms with Crippen LogP contribution >= 0.6 is 0 Å². The number of methoxy groups -OCH3 is 2. The number of benzene rings is 1. The van der Waals surface area contributed by atoms with Crippen LogP contribution in [0, 0.1) is 6.92 Å². The minimum atomic E-state index is 0.545. The quantitative estimate of drug-likeness (QED) is 0.847. The van der Waals surface area contributed by atoms with Gasteiger partial charge >= 0.3 is 0 Å². The summed E-state index contributed by atoms with van der Waals surface area (Å²) in [7, 11) is 3.44. The fraction of sp³-hybridized carbons (Fsp3) is 0.538. The molecular formula is C13H19NO2. The molecule has 1 unspecified atom stereocenters. The van der Waals surface area contributed by atoms with E-state index in [0.29, 0.717) is 5.92 Å². The van der Waals surface area contributed by atoms with Crippen LogP contribution in [0.15, 0.2) is 12.1 Å². The van der Waals surface area contributed by atoms with Gasteiger partial charge in [0.15, 0.2) is 0 Å². The van der Waals surface area contributed by atoms with Crippen LogP contribution in [0.5, 0.6) is 11.5 Å². The zero-order chi connectivity index (χ0) is 11.5. The second-order valence-corrected chi connectivity index (χ2v) is 4.26. The minimum Gasteiger partial charge on any atom is -0.497 e. The molecule has 0 saturated carbocycles. The van der Waals surface area contributed by atoms with Crippen LogP contribution in [-0.4, -0.2) is 27.3 Å². The SMILES string of the molecule is COc1cc(C)c(OC)c(C2CCNC2)c1. The molecule has 0 spiro atoms. The van der Waals surface area contributed by atoms with Gasteiger partial charge in [0.2, 0.25) is 0 Å². The zero-order valence-corrected chi connectivity index (χ0v) is 10.2. The van der Waals surface area contributed by atoms with Gasteiger partial charge in [-0.15, -0.1) is 0 Å². The predicted octanol–water partition coefficient (Wildman–Crippen LogP) is 2.09. The summed E-state index contributed by atoms with van der Waals surface area (Å²) in [6.45, 7) is 4.18. The van der Waals surface area contributed by atoms with Gasteiger partial charge in [-0.2, -0.15) is 0 Å². The Labute approximate surface area is 96.8 Å². The standard InChI is InChI=1S/C13H19NO2/c1-9-6-11(15-2)7-12(13(9)16-3)10-4-5-14-8-10/h6-7,10,14H,4-5,8H2,1-3H3. The molecule has 88 valence electrons. The number of hydrogen-bond acceptors (Lipinski definition) is 3. The lowest BCUT2D eigenvalue weighted by molar-refractivity contribution is 0.393. The number of nitrogens with one attached hydrogen (secondary N) is 1. The molecule has 0 aromatic heterocycles. The van der Waals surface area contributed by atoms with Gasteiger partial charge in [0, 0.05) is 18.0 Å². The van der Waals surface area contributed by atoms with Crippen LogP contribution in [0.2, 0.25) is 0 Å². The molecule has 1 saturated heterocycles. The average Bonchev–Trinajstić information content (AvgIpc) is 2.81. The van der Waals surface area contributed by atoms with Crippen LogP contribution in [0.1, 0.15) is 23.5 Å². The topological polar surface area (TPSA) is 30.5 Å². The first-order chi connectivity index (χ1) is 7.76. The molecule has 1 aromatic rings. The largest absolute Gasteiger partial charge is 0.497 e. The molecule has 0 radical (unpaired) electrons. The first-order valence-corrected chi connectivity index (χ1v) is 5.69. The highest BCUT2D eigenvalue weighted by molar-refractivity contribution is 5.48. The molecule has 1 aliphatic heterocycles. The monoisotopic (exact) mass is 221 g/mol. The lowest BCUT2D eigenvalue weighted by Gasteiger charge is -2.17. The normalized spacial score (nSPS) is 19.8. The average molecular weight is 221 g/mol. The van der Waals surface area contributed by atoms with Crippen molar-refractivity contribution in [1.82, 2.24) is 5.32 Å². The van der Waals surface area contributed by atoms with Crippen molar-refractivity contribution in [2.45, 2.75) is 19.3 Å². The highest BCUT2D eigenvalue weighted by atomic mass is 16.5. The van der Waals surface area contributed by atoms with E-state index in [2.05, 4.69) is 18.3 Å². The van der Waals surface area contributed by atoms with Crippen molar-refractivity contribution in [2.24, 2.45) is 0 Å². The van der Waals surface area contributed by atoms with Gasteiger partial charge in [0.05, 0.1) is 14.2 Å². The Hall–Kier alpha value is -1.22. The Morgan fingerprint density at radius 2 is 2.06 bits per heavy atom. The molecule has 1 aromatic carbocycles. The van der Waals surface area contributed by atoms with E-state index in [-0.39, 0.29) is 0 Å². The number of hydrogen-bond donors (Lipinski definition) is 1. The van der Waals surface area contributed by atoms with E-state index in [1.165, 1.54) is 12.0 Å². The Balaban J connectivity index is 2.42. The van der Waals surface area contributed by atoms with Gasteiger partial charge in [0.25, 0.3) is 0 Å². The van der Waals surface area contributed by atoms with Gasteiger partial charge in [-0.25, -0.2) is 0 Å². The third-order valence-electron chi connectivity index (χ3n) is 3.22. The molecule has 3 heteroatoms. The molecule has 1 aliphatic rings. The summed E-state index contributed by atoms with van der Waals surface area (Å²) < 4.78 is 10.8. The molecule has 0 amide bonds. The lowest BCUT2D eigenvalue weighted by Crippen LogP contribution is -2.09. The van der Waals surface area contributed by atoms with Crippen LogP contribution in [0.4, 0.5) is 0 Å². The summed E-state index contributed by atoms with van der Waals surface area (Å²) >= 11 is 0. The maximum absolute atomic E-state index is 5.50. The van der Waals surface area contributed by atoms with Crippen molar-refractivity contribution in [2.75, 3.05) is 27.3 Å². The molecule has 0 bridgehead atoms. The molecular weight excluding hydrogens is 202 g/mol. The summed E-state index contributed by atoms with van der Waals surface area (Å²) in [6.07, 6.45) is 1.17. The molecule has 2 rings (SSSR count). The van der Waals surface area contributed by atoms with Gasteiger partial charge < -0.3 is 14.8 Å². The van der Waals surface area contributed by atoms with Gasteiger partial charge in [-0.1, -0.05) is 0 Å². The Morgan fingerprint density at radius 1 is 1.25 bits per heavy atom. The fourth-order valence-electron chi connectivity index (χ4n) is 2.39. The van der Waals surface area contributed by atoms with Gasteiger partial charge in [-0.05, 0) is 37.6 Å². The Bertz CT molecular complexity index is 370. The maximum Gasteiger partial charge on any atom is 0.125 e. The van der Waals surface area contributed by atoms with E-state index in [0.717, 1.165) is 30.2 Å². The molecule has 16 heavy (non-hydrogen) atoms. The predicted molar refractivity (Wildman–Crippen MR) is 64.5 cm³/mol. The smallest absolute Gasteiger partial charge is 0.125 e. The summed E-state index contributed by atoms with van der Waals surface area (Å²) in [6, 6.07) is 4.12. The number of aryl methyl sites for hydroxylation is 1. The van der Waals surface area contributed by atoms with E-state index in [4.69, 9.17) is 9.47 Å². The molecule has 1 N–H and O–H groups in total. The molecule has 0 aliphatic carbocycles. The van der Waals surface area contributed by atoms with Crippen LogP contribution in [0.3, 0.4) is 0 Å². The fourth-order valence-corrected chi connectivity index (χ4v) is 2.39. The minimum absolute atomic E-state index is 0.545. The third kappa shape index (κ3) is 2.00. The Morgan fingerprint density at radius 3 is 2.62 bits per heavy atom. The van der Waals surface area contributed by atoms with Crippen molar-refractivity contribution < 1.29 is 9.47 Å². The van der Waals surface area contributed by atoms with Crippen LogP contribution in [0.25, 0.3) is 0 Å². The van der Waals surface area contributed by atoms with Crippen LogP contribution in [-0.2, 0) is 0 Å². The highest BCUT2D eigenvalue weighted by Crippen LogP contribution is 2.36. The van der Waals surface area contributed by atoms with E-state index in [1.807, 2.05) is 6.07 Å². The maximum atomic E-state index is 5.50. The van der Waals surface area contributed by atoms with Crippen molar-refractivity contribution >= 4 is 0 Å². The number of rotatable bonds is 3. The summed E-state index contributed by atoms with van der Waals surface area (Å²) in [5.41, 5.74) is 2.41. The highest BCUT2D eigenvalue weighted by Gasteiger charge is 2.22. The molecule has 1 fully saturated rings. The van der Waals surface area contributed by atoms with E-state index in [9.17, 15) is 0 Å². The lowest BCUT2D eigenvalue weighted by atomic mass is 9.95. The summed E-state index contributed by atoms with van der Waals surface area (Å²) in [5.74, 6) is 2.47. The molecule has 1 atom stereocenters. The third-order valence-corrected chi connectivity index (χ3v) is 3.22. The first-order valence-electron chi connectivity index (χ1n) is 5.69. The second-order valence-electron chi connectivity index (χ2n) is 4.26. The summed E-state index contributed by atoms with van der Waals surface area (Å²) in [5, 5.41) is 3.38. The summed E-state index contributed by atoms with van der Waals surface area (Å²) in [4.78, 5) is 0. The van der Waals surface area contributed by atoms with Gasteiger partial charge in [0.1, 0.15) is 11.5 Å².